The fourth-order valence-corrected chi connectivity index (χ4v) is 2.78. The van der Waals surface area contributed by atoms with Crippen LogP contribution in [-0.4, -0.2) is 30.6 Å². The lowest BCUT2D eigenvalue weighted by atomic mass is 10.00. The van der Waals surface area contributed by atoms with Gasteiger partial charge in [-0.05, 0) is 36.6 Å². The van der Waals surface area contributed by atoms with E-state index in [0.717, 1.165) is 44.8 Å². The molecule has 0 spiro atoms. The van der Waals surface area contributed by atoms with E-state index in [9.17, 15) is 4.79 Å². The van der Waals surface area contributed by atoms with Gasteiger partial charge in [0.2, 0.25) is 0 Å². The average molecular weight is 252 g/mol. The van der Waals surface area contributed by atoms with Gasteiger partial charge in [-0.1, -0.05) is 13.0 Å². The van der Waals surface area contributed by atoms with Crippen LogP contribution in [-0.2, 0) is 6.42 Å². The third-order valence-electron chi connectivity index (χ3n) is 3.30. The van der Waals surface area contributed by atoms with Gasteiger partial charge in [-0.25, -0.2) is 4.79 Å². The third-order valence-corrected chi connectivity index (χ3v) is 4.23. The van der Waals surface area contributed by atoms with Crippen molar-refractivity contribution < 1.29 is 4.79 Å². The minimum atomic E-state index is 0.105. The lowest BCUT2D eigenvalue weighted by Crippen LogP contribution is -2.44. The Morgan fingerprint density at radius 1 is 1.53 bits per heavy atom. The second kappa shape index (κ2) is 6.05. The summed E-state index contributed by atoms with van der Waals surface area (Å²) in [7, 11) is 0. The van der Waals surface area contributed by atoms with E-state index in [1.54, 1.807) is 11.3 Å². The number of piperidine rings is 1. The molecule has 1 aromatic heterocycles. The number of hydrogen-bond donors (Lipinski definition) is 1. The molecule has 0 atom stereocenters. The van der Waals surface area contributed by atoms with Crippen molar-refractivity contribution in [3.05, 3.63) is 22.4 Å². The quantitative estimate of drug-likeness (QED) is 0.881. The van der Waals surface area contributed by atoms with Gasteiger partial charge in [0.05, 0.1) is 0 Å². The van der Waals surface area contributed by atoms with Crippen LogP contribution >= 0.6 is 11.3 Å². The van der Waals surface area contributed by atoms with Crippen molar-refractivity contribution >= 4 is 17.4 Å². The topological polar surface area (TPSA) is 32.3 Å². The molecule has 2 amide bonds. The molecule has 17 heavy (non-hydrogen) atoms. The molecule has 4 heteroatoms. The smallest absolute Gasteiger partial charge is 0.317 e. The minimum Gasteiger partial charge on any atom is -0.338 e. The Kier molecular flexibility index (Phi) is 4.42. The highest BCUT2D eigenvalue weighted by molar-refractivity contribution is 7.09. The molecule has 0 saturated carbocycles. The summed E-state index contributed by atoms with van der Waals surface area (Å²) in [5.41, 5.74) is 0. The van der Waals surface area contributed by atoms with Crippen molar-refractivity contribution in [1.82, 2.24) is 10.2 Å². The largest absolute Gasteiger partial charge is 0.338 e. The number of carbonyl (C=O) groups excluding carboxylic acids is 1. The predicted octanol–water partition coefficient (Wildman–Crippen LogP) is 2.73. The summed E-state index contributed by atoms with van der Waals surface area (Å²) in [6, 6.07) is 4.27. The standard InChI is InChI=1S/C13H20N2OS/c1-11-5-8-15(9-6-11)13(16)14-7-4-12-3-2-10-17-12/h2-3,10-11H,4-9H2,1H3,(H,14,16). The lowest BCUT2D eigenvalue weighted by Gasteiger charge is -2.30. The summed E-state index contributed by atoms with van der Waals surface area (Å²) >= 11 is 1.75. The van der Waals surface area contributed by atoms with Crippen LogP contribution in [0.3, 0.4) is 0 Å². The lowest BCUT2D eigenvalue weighted by molar-refractivity contribution is 0.174. The number of likely N-dealkylation sites (tertiary alicyclic amines) is 1. The second-order valence-corrected chi connectivity index (χ2v) is 5.76. The van der Waals surface area contributed by atoms with Gasteiger partial charge in [-0.3, -0.25) is 0 Å². The third kappa shape index (κ3) is 3.73. The second-order valence-electron chi connectivity index (χ2n) is 4.73. The van der Waals surface area contributed by atoms with Gasteiger partial charge >= 0.3 is 6.03 Å². The van der Waals surface area contributed by atoms with Crippen molar-refractivity contribution in [2.75, 3.05) is 19.6 Å². The first-order valence-corrected chi connectivity index (χ1v) is 7.19. The first kappa shape index (κ1) is 12.4. The summed E-state index contributed by atoms with van der Waals surface area (Å²) < 4.78 is 0. The SMILES string of the molecule is CC1CCN(C(=O)NCCc2cccs2)CC1. The normalized spacial score (nSPS) is 17.1. The number of nitrogens with zero attached hydrogens (tertiary/aromatic N) is 1. The summed E-state index contributed by atoms with van der Waals surface area (Å²) in [6.07, 6.45) is 3.21. The maximum absolute atomic E-state index is 11.9. The zero-order valence-electron chi connectivity index (χ0n) is 10.3. The number of amides is 2. The Bertz CT molecular complexity index is 342. The Morgan fingerprint density at radius 3 is 2.94 bits per heavy atom. The number of carbonyl (C=O) groups is 1. The molecule has 2 rings (SSSR count). The van der Waals surface area contributed by atoms with Gasteiger partial charge in [0, 0.05) is 24.5 Å². The number of hydrogen-bond acceptors (Lipinski definition) is 2. The molecule has 1 saturated heterocycles. The summed E-state index contributed by atoms with van der Waals surface area (Å²) in [5.74, 6) is 0.769. The average Bonchev–Trinajstić information content (AvgIpc) is 2.83. The van der Waals surface area contributed by atoms with E-state index in [2.05, 4.69) is 23.7 Å². The van der Waals surface area contributed by atoms with Gasteiger partial charge in [0.1, 0.15) is 0 Å². The highest BCUT2D eigenvalue weighted by Gasteiger charge is 2.19. The Hall–Kier alpha value is -1.03. The molecule has 0 aliphatic carbocycles. The molecule has 1 fully saturated rings. The van der Waals surface area contributed by atoms with Gasteiger partial charge in [0.15, 0.2) is 0 Å². The van der Waals surface area contributed by atoms with E-state index >= 15 is 0 Å². The Balaban J connectivity index is 1.67. The number of rotatable bonds is 3. The van der Waals surface area contributed by atoms with Crippen LogP contribution in [0.15, 0.2) is 17.5 Å². The fraction of sp³-hybridized carbons (Fsp3) is 0.615. The zero-order chi connectivity index (χ0) is 12.1. The van der Waals surface area contributed by atoms with E-state index < -0.39 is 0 Å². The van der Waals surface area contributed by atoms with Crippen LogP contribution in [0.1, 0.15) is 24.6 Å². The van der Waals surface area contributed by atoms with Crippen LogP contribution in [0.5, 0.6) is 0 Å². The van der Waals surface area contributed by atoms with E-state index in [0.29, 0.717) is 0 Å². The molecule has 0 radical (unpaired) electrons. The fourth-order valence-electron chi connectivity index (χ4n) is 2.07. The molecule has 2 heterocycles. The molecular weight excluding hydrogens is 232 g/mol. The summed E-state index contributed by atoms with van der Waals surface area (Å²) in [5, 5.41) is 5.07. The van der Waals surface area contributed by atoms with Gasteiger partial charge in [-0.2, -0.15) is 0 Å². The summed E-state index contributed by atoms with van der Waals surface area (Å²) in [6.45, 7) is 4.81. The molecule has 3 nitrogen and oxygen atoms in total. The Morgan fingerprint density at radius 2 is 2.29 bits per heavy atom. The van der Waals surface area contributed by atoms with Crippen molar-refractivity contribution in [2.24, 2.45) is 5.92 Å². The molecule has 1 aromatic rings. The van der Waals surface area contributed by atoms with E-state index in [1.165, 1.54) is 4.88 Å². The van der Waals surface area contributed by atoms with Crippen LogP contribution in [0.25, 0.3) is 0 Å². The number of urea groups is 1. The monoisotopic (exact) mass is 252 g/mol. The number of thiophene rings is 1. The van der Waals surface area contributed by atoms with Gasteiger partial charge in [-0.15, -0.1) is 11.3 Å². The summed E-state index contributed by atoms with van der Waals surface area (Å²) in [4.78, 5) is 15.1. The minimum absolute atomic E-state index is 0.105. The first-order chi connectivity index (χ1) is 8.25. The van der Waals surface area contributed by atoms with Crippen LogP contribution in [0, 0.1) is 5.92 Å². The van der Waals surface area contributed by atoms with Crippen LogP contribution in [0.4, 0.5) is 4.79 Å². The van der Waals surface area contributed by atoms with Crippen LogP contribution < -0.4 is 5.32 Å². The van der Waals surface area contributed by atoms with Crippen LogP contribution in [0.2, 0.25) is 0 Å². The maximum Gasteiger partial charge on any atom is 0.317 e. The predicted molar refractivity (Wildman–Crippen MR) is 71.4 cm³/mol. The van der Waals surface area contributed by atoms with E-state index in [4.69, 9.17) is 0 Å². The highest BCUT2D eigenvalue weighted by atomic mass is 32.1. The molecule has 0 bridgehead atoms. The molecule has 0 aromatic carbocycles. The molecular formula is C13H20N2OS. The molecule has 1 aliphatic heterocycles. The maximum atomic E-state index is 11.9. The molecule has 1 N–H and O–H groups in total. The first-order valence-electron chi connectivity index (χ1n) is 6.31. The van der Waals surface area contributed by atoms with Crippen molar-refractivity contribution in [1.29, 1.82) is 0 Å². The van der Waals surface area contributed by atoms with E-state index in [-0.39, 0.29) is 6.03 Å². The van der Waals surface area contributed by atoms with Gasteiger partial charge < -0.3 is 10.2 Å². The Labute approximate surface area is 107 Å². The molecule has 0 unspecified atom stereocenters. The van der Waals surface area contributed by atoms with Crippen molar-refractivity contribution in [2.45, 2.75) is 26.2 Å². The van der Waals surface area contributed by atoms with Crippen molar-refractivity contribution in [3.63, 3.8) is 0 Å². The molecule has 94 valence electrons. The highest BCUT2D eigenvalue weighted by Crippen LogP contribution is 2.15. The zero-order valence-corrected chi connectivity index (χ0v) is 11.1. The molecule has 1 aliphatic rings. The van der Waals surface area contributed by atoms with Crippen molar-refractivity contribution in [3.8, 4) is 0 Å². The number of nitrogens with one attached hydrogen (secondary N) is 1. The van der Waals surface area contributed by atoms with E-state index in [1.807, 2.05) is 11.0 Å². The van der Waals surface area contributed by atoms with Gasteiger partial charge in [0.25, 0.3) is 0 Å².